The molecule has 1 rings (SSSR count). The van der Waals surface area contributed by atoms with E-state index in [-0.39, 0.29) is 12.8 Å². The van der Waals surface area contributed by atoms with E-state index in [2.05, 4.69) is 55.6 Å². The highest BCUT2D eigenvalue weighted by Crippen LogP contribution is 2.23. The fraction of sp³-hybridized carbons (Fsp3) is 0.851. The largest absolute Gasteiger partial charge is 0.394 e. The molecule has 1 saturated heterocycles. The van der Waals surface area contributed by atoms with Crippen molar-refractivity contribution in [2.24, 2.45) is 0 Å². The second kappa shape index (κ2) is 37.1. The van der Waals surface area contributed by atoms with Crippen LogP contribution < -0.4 is 5.32 Å². The Hall–Kier alpha value is -1.67. The summed E-state index contributed by atoms with van der Waals surface area (Å²) in [6.07, 6.45) is 30.5. The van der Waals surface area contributed by atoms with Crippen LogP contribution in [0.25, 0.3) is 0 Å². The van der Waals surface area contributed by atoms with Gasteiger partial charge in [-0.1, -0.05) is 147 Å². The van der Waals surface area contributed by atoms with E-state index in [0.717, 1.165) is 57.8 Å². The third-order valence-electron chi connectivity index (χ3n) is 11.1. The monoisotopic (exact) mass is 826 g/mol. The molecule has 0 saturated carbocycles. The number of amides is 1. The van der Waals surface area contributed by atoms with E-state index < -0.39 is 74.2 Å². The van der Waals surface area contributed by atoms with Gasteiger partial charge in [0.05, 0.1) is 25.4 Å². The highest BCUT2D eigenvalue weighted by Gasteiger charge is 2.44. The maximum absolute atomic E-state index is 13.1. The molecule has 0 aromatic heterocycles. The fourth-order valence-electron chi connectivity index (χ4n) is 7.21. The van der Waals surface area contributed by atoms with Crippen LogP contribution in [0.4, 0.5) is 0 Å². The molecule has 8 N–H and O–H groups in total. The Balaban J connectivity index is 2.50. The lowest BCUT2D eigenvalue weighted by molar-refractivity contribution is -0.303. The van der Waals surface area contributed by atoms with E-state index >= 15 is 0 Å². The van der Waals surface area contributed by atoms with Crippen LogP contribution in [0.3, 0.4) is 0 Å². The number of allylic oxidation sites excluding steroid dienone is 6. The molecule has 0 aromatic carbocycles. The molecule has 0 bridgehead atoms. The minimum Gasteiger partial charge on any atom is -0.394 e. The number of aliphatic hydroxyl groups is 7. The van der Waals surface area contributed by atoms with E-state index in [9.17, 15) is 40.5 Å². The van der Waals surface area contributed by atoms with Gasteiger partial charge < -0.3 is 50.5 Å². The number of ether oxygens (including phenoxy) is 2. The molecular weight excluding hydrogens is 739 g/mol. The topological polar surface area (TPSA) is 189 Å². The highest BCUT2D eigenvalue weighted by molar-refractivity contribution is 5.80. The SMILES string of the molecule is CCCCCCCC/C=C\CCCCCCCCC(O)C(=O)NC(COC1OC(CO)C(O)C(O)C1O)C(O)C(O)CCC/C=C/CC/C=C/CCCCCCCC. The van der Waals surface area contributed by atoms with Crippen LogP contribution in [0.5, 0.6) is 0 Å². The van der Waals surface area contributed by atoms with Gasteiger partial charge in [0.25, 0.3) is 0 Å². The quantitative estimate of drug-likeness (QED) is 0.0227. The number of hydrogen-bond acceptors (Lipinski definition) is 10. The van der Waals surface area contributed by atoms with Crippen molar-refractivity contribution in [1.82, 2.24) is 5.32 Å². The van der Waals surface area contributed by atoms with Crippen molar-refractivity contribution >= 4 is 5.91 Å². The van der Waals surface area contributed by atoms with Crippen molar-refractivity contribution in [3.05, 3.63) is 36.5 Å². The first-order valence-corrected chi connectivity index (χ1v) is 23.4. The zero-order valence-electron chi connectivity index (χ0n) is 36.5. The van der Waals surface area contributed by atoms with Crippen molar-refractivity contribution in [2.45, 2.75) is 242 Å². The molecule has 340 valence electrons. The number of carbonyl (C=O) groups excluding carboxylic acids is 1. The van der Waals surface area contributed by atoms with Crippen LogP contribution >= 0.6 is 0 Å². The van der Waals surface area contributed by atoms with Gasteiger partial charge in [-0.05, 0) is 77.0 Å². The lowest BCUT2D eigenvalue weighted by Crippen LogP contribution is -2.60. The van der Waals surface area contributed by atoms with Gasteiger partial charge in [-0.15, -0.1) is 0 Å². The Labute approximate surface area is 352 Å². The molecule has 0 aromatic rings. The summed E-state index contributed by atoms with van der Waals surface area (Å²) in [5, 5.41) is 75.6. The van der Waals surface area contributed by atoms with Gasteiger partial charge in [0, 0.05) is 0 Å². The maximum Gasteiger partial charge on any atom is 0.249 e. The normalized spacial score (nSPS) is 22.3. The van der Waals surface area contributed by atoms with Crippen LogP contribution in [0.2, 0.25) is 0 Å². The molecule has 58 heavy (non-hydrogen) atoms. The molecule has 9 atom stereocenters. The standard InChI is InChI=1S/C47H87NO10/c1-3-5-7-9-11-13-15-17-19-21-23-25-27-29-31-33-35-40(51)46(56)48-38(37-57-47-45(55)44(54)43(53)41(36-49)58-47)42(52)39(50)34-32-30-28-26-24-22-20-18-16-14-12-10-8-6-4-2/h17-20,26,28,38-45,47,49-55H,3-16,21-25,27,29-37H2,1-2H3,(H,48,56)/b19-17-,20-18+,28-26+. The van der Waals surface area contributed by atoms with E-state index in [0.29, 0.717) is 19.3 Å². The van der Waals surface area contributed by atoms with Crippen LogP contribution in [0, 0.1) is 0 Å². The number of nitrogens with one attached hydrogen (secondary N) is 1. The lowest BCUT2D eigenvalue weighted by atomic mass is 9.98. The first-order valence-electron chi connectivity index (χ1n) is 23.4. The van der Waals surface area contributed by atoms with Crippen molar-refractivity contribution in [2.75, 3.05) is 13.2 Å². The lowest BCUT2D eigenvalue weighted by Gasteiger charge is -2.40. The summed E-state index contributed by atoms with van der Waals surface area (Å²) < 4.78 is 11.1. The zero-order chi connectivity index (χ0) is 42.6. The van der Waals surface area contributed by atoms with E-state index in [4.69, 9.17) is 9.47 Å². The molecule has 0 aliphatic carbocycles. The summed E-state index contributed by atoms with van der Waals surface area (Å²) in [7, 11) is 0. The van der Waals surface area contributed by atoms with Crippen molar-refractivity contribution < 1.29 is 50.0 Å². The van der Waals surface area contributed by atoms with Crippen LogP contribution in [0.15, 0.2) is 36.5 Å². The minimum atomic E-state index is -1.67. The maximum atomic E-state index is 13.1. The third kappa shape index (κ3) is 26.5. The van der Waals surface area contributed by atoms with Crippen LogP contribution in [-0.4, -0.2) is 110 Å². The van der Waals surface area contributed by atoms with Gasteiger partial charge in [0.15, 0.2) is 6.29 Å². The predicted octanol–water partition coefficient (Wildman–Crippen LogP) is 7.61. The molecule has 11 nitrogen and oxygen atoms in total. The Morgan fingerprint density at radius 2 is 1.03 bits per heavy atom. The number of rotatable bonds is 38. The van der Waals surface area contributed by atoms with Gasteiger partial charge in [-0.25, -0.2) is 0 Å². The van der Waals surface area contributed by atoms with Gasteiger partial charge in [0.2, 0.25) is 5.91 Å². The molecule has 1 aliphatic heterocycles. The average Bonchev–Trinajstić information content (AvgIpc) is 3.22. The van der Waals surface area contributed by atoms with Crippen molar-refractivity contribution in [1.29, 1.82) is 0 Å². The minimum absolute atomic E-state index is 0.243. The summed E-state index contributed by atoms with van der Waals surface area (Å²) in [6, 6.07) is -1.19. The Kier molecular flexibility index (Phi) is 34.8. The molecule has 1 aliphatic rings. The molecule has 0 spiro atoms. The highest BCUT2D eigenvalue weighted by atomic mass is 16.7. The summed E-state index contributed by atoms with van der Waals surface area (Å²) in [4.78, 5) is 13.1. The van der Waals surface area contributed by atoms with Gasteiger partial charge in [-0.2, -0.15) is 0 Å². The molecule has 11 heteroatoms. The Morgan fingerprint density at radius 3 is 1.53 bits per heavy atom. The molecule has 1 heterocycles. The fourth-order valence-corrected chi connectivity index (χ4v) is 7.21. The van der Waals surface area contributed by atoms with Crippen molar-refractivity contribution in [3.8, 4) is 0 Å². The second-order valence-corrected chi connectivity index (χ2v) is 16.5. The van der Waals surface area contributed by atoms with E-state index in [1.54, 1.807) is 0 Å². The third-order valence-corrected chi connectivity index (χ3v) is 11.1. The first-order chi connectivity index (χ1) is 28.2. The van der Waals surface area contributed by atoms with Crippen LogP contribution in [0.1, 0.15) is 187 Å². The van der Waals surface area contributed by atoms with Gasteiger partial charge in [0.1, 0.15) is 36.6 Å². The molecule has 1 fully saturated rings. The summed E-state index contributed by atoms with van der Waals surface area (Å²) >= 11 is 0. The van der Waals surface area contributed by atoms with E-state index in [1.807, 2.05) is 0 Å². The van der Waals surface area contributed by atoms with Crippen LogP contribution in [-0.2, 0) is 14.3 Å². The average molecular weight is 826 g/mol. The Bertz CT molecular complexity index is 1040. The second-order valence-electron chi connectivity index (χ2n) is 16.5. The number of unbranched alkanes of at least 4 members (excludes halogenated alkanes) is 20. The Morgan fingerprint density at radius 1 is 0.586 bits per heavy atom. The summed E-state index contributed by atoms with van der Waals surface area (Å²) in [5.74, 6) is -0.717. The van der Waals surface area contributed by atoms with Gasteiger partial charge in [-0.3, -0.25) is 4.79 Å². The number of carbonyl (C=O) groups is 1. The molecule has 9 unspecified atom stereocenters. The molecule has 0 radical (unpaired) electrons. The van der Waals surface area contributed by atoms with E-state index in [1.165, 1.54) is 83.5 Å². The number of hydrogen-bond donors (Lipinski definition) is 8. The van der Waals surface area contributed by atoms with Crippen molar-refractivity contribution in [3.63, 3.8) is 0 Å². The number of aliphatic hydroxyl groups excluding tert-OH is 7. The summed E-state index contributed by atoms with van der Waals surface area (Å²) in [6.45, 7) is 3.39. The van der Waals surface area contributed by atoms with Gasteiger partial charge >= 0.3 is 0 Å². The zero-order valence-corrected chi connectivity index (χ0v) is 36.5. The predicted molar refractivity (Wildman–Crippen MR) is 233 cm³/mol. The summed E-state index contributed by atoms with van der Waals surface area (Å²) in [5.41, 5.74) is 0. The first kappa shape index (κ1) is 54.3. The smallest absolute Gasteiger partial charge is 0.249 e. The molecular formula is C47H87NO10. The molecule has 1 amide bonds.